The number of aliphatic carboxylic acids is 1. The second kappa shape index (κ2) is 5.51. The molecule has 0 aromatic heterocycles. The lowest BCUT2D eigenvalue weighted by Gasteiger charge is -2.23. The highest BCUT2D eigenvalue weighted by Gasteiger charge is 2.44. The summed E-state index contributed by atoms with van der Waals surface area (Å²) in [6.45, 7) is -0.200. The van der Waals surface area contributed by atoms with Crippen LogP contribution >= 0.6 is 0 Å². The second-order valence-electron chi connectivity index (χ2n) is 4.75. The molecule has 1 atom stereocenters. The van der Waals surface area contributed by atoms with Crippen LogP contribution in [0.5, 0.6) is 0 Å². The van der Waals surface area contributed by atoms with Crippen LogP contribution in [-0.4, -0.2) is 36.4 Å². The first-order valence-corrected chi connectivity index (χ1v) is 7.60. The predicted octanol–water partition coefficient (Wildman–Crippen LogP) is 2.08. The largest absolute Gasteiger partial charge is 0.480 e. The van der Waals surface area contributed by atoms with Crippen LogP contribution in [0.25, 0.3) is 0 Å². The Labute approximate surface area is 123 Å². The van der Waals surface area contributed by atoms with Gasteiger partial charge in [0.25, 0.3) is 0 Å². The lowest BCUT2D eigenvalue weighted by molar-refractivity contribution is -0.140. The van der Waals surface area contributed by atoms with Gasteiger partial charge in [-0.25, -0.2) is 12.8 Å². The molecule has 1 aromatic carbocycles. The molecule has 10 heteroatoms. The number of carboxylic acids is 1. The maximum Gasteiger partial charge on any atom is 0.417 e. The Morgan fingerprint density at radius 1 is 1.32 bits per heavy atom. The van der Waals surface area contributed by atoms with Gasteiger partial charge in [-0.15, -0.1) is 0 Å². The minimum Gasteiger partial charge on any atom is -0.480 e. The van der Waals surface area contributed by atoms with E-state index < -0.39 is 44.5 Å². The van der Waals surface area contributed by atoms with Crippen LogP contribution < -0.4 is 0 Å². The summed E-state index contributed by atoms with van der Waals surface area (Å²) in [5.74, 6) is -2.67. The van der Waals surface area contributed by atoms with Gasteiger partial charge in [0.15, 0.2) is 0 Å². The van der Waals surface area contributed by atoms with Gasteiger partial charge in [-0.1, -0.05) is 0 Å². The van der Waals surface area contributed by atoms with Gasteiger partial charge in [0, 0.05) is 6.54 Å². The first kappa shape index (κ1) is 16.7. The van der Waals surface area contributed by atoms with E-state index in [1.165, 1.54) is 0 Å². The van der Waals surface area contributed by atoms with E-state index in [1.54, 1.807) is 0 Å². The molecule has 0 amide bonds. The van der Waals surface area contributed by atoms with E-state index in [2.05, 4.69) is 0 Å². The molecule has 0 radical (unpaired) electrons. The third-order valence-corrected chi connectivity index (χ3v) is 5.29. The first-order chi connectivity index (χ1) is 10.0. The molecule has 1 aliphatic heterocycles. The number of nitrogens with zero attached hydrogens (tertiary/aromatic N) is 1. The summed E-state index contributed by atoms with van der Waals surface area (Å²) in [6, 6.07) is -0.242. The third-order valence-electron chi connectivity index (χ3n) is 3.32. The van der Waals surface area contributed by atoms with Crippen molar-refractivity contribution in [3.63, 3.8) is 0 Å². The van der Waals surface area contributed by atoms with Gasteiger partial charge in [0.2, 0.25) is 10.0 Å². The average Bonchev–Trinajstić information content (AvgIpc) is 2.87. The molecule has 5 nitrogen and oxygen atoms in total. The van der Waals surface area contributed by atoms with Crippen LogP contribution in [0.4, 0.5) is 17.6 Å². The Kier molecular flexibility index (Phi) is 4.18. The zero-order valence-corrected chi connectivity index (χ0v) is 11.8. The van der Waals surface area contributed by atoms with Crippen molar-refractivity contribution in [2.24, 2.45) is 0 Å². The Hall–Kier alpha value is -1.68. The number of carboxylic acid groups (broad SMARTS) is 1. The summed E-state index contributed by atoms with van der Waals surface area (Å²) >= 11 is 0. The summed E-state index contributed by atoms with van der Waals surface area (Å²) in [7, 11) is -4.70. The molecule has 0 saturated carbocycles. The molecule has 1 unspecified atom stereocenters. The monoisotopic (exact) mass is 341 g/mol. The maximum absolute atomic E-state index is 13.0. The number of benzene rings is 1. The van der Waals surface area contributed by atoms with E-state index in [0.717, 1.165) is 0 Å². The summed E-state index contributed by atoms with van der Waals surface area (Å²) in [6.07, 6.45) is -4.85. The molecule has 1 fully saturated rings. The lowest BCUT2D eigenvalue weighted by atomic mass is 10.2. The van der Waals surface area contributed by atoms with Gasteiger partial charge >= 0.3 is 12.1 Å². The van der Waals surface area contributed by atoms with Gasteiger partial charge in [0.1, 0.15) is 11.9 Å². The summed E-state index contributed by atoms with van der Waals surface area (Å²) < 4.78 is 77.1. The molecule has 2 rings (SSSR count). The molecule has 22 heavy (non-hydrogen) atoms. The van der Waals surface area contributed by atoms with Crippen molar-refractivity contribution in [3.05, 3.63) is 29.6 Å². The van der Waals surface area contributed by atoms with E-state index in [9.17, 15) is 30.8 Å². The van der Waals surface area contributed by atoms with E-state index in [0.29, 0.717) is 16.4 Å². The van der Waals surface area contributed by atoms with Crippen LogP contribution in [0, 0.1) is 5.82 Å². The molecule has 0 aliphatic carbocycles. The number of carbonyl (C=O) groups is 1. The molecular weight excluding hydrogens is 330 g/mol. The van der Waals surface area contributed by atoms with Crippen molar-refractivity contribution in [2.45, 2.75) is 30.0 Å². The van der Waals surface area contributed by atoms with Crippen molar-refractivity contribution in [1.82, 2.24) is 4.31 Å². The molecule has 1 heterocycles. The number of halogens is 4. The van der Waals surface area contributed by atoms with E-state index in [4.69, 9.17) is 5.11 Å². The van der Waals surface area contributed by atoms with E-state index in [-0.39, 0.29) is 25.5 Å². The Bertz CT molecular complexity index is 702. The summed E-state index contributed by atoms with van der Waals surface area (Å²) in [5.41, 5.74) is -1.65. The van der Waals surface area contributed by atoms with Gasteiger partial charge in [-0.3, -0.25) is 4.79 Å². The summed E-state index contributed by atoms with van der Waals surface area (Å²) in [4.78, 5) is 9.89. The van der Waals surface area contributed by atoms with E-state index >= 15 is 0 Å². The highest BCUT2D eigenvalue weighted by atomic mass is 32.2. The number of alkyl halides is 3. The first-order valence-electron chi connectivity index (χ1n) is 6.16. The molecule has 0 spiro atoms. The van der Waals surface area contributed by atoms with Gasteiger partial charge in [-0.2, -0.15) is 17.5 Å². The van der Waals surface area contributed by atoms with Crippen LogP contribution in [0.15, 0.2) is 23.1 Å². The fourth-order valence-electron chi connectivity index (χ4n) is 2.35. The Balaban J connectivity index is 2.58. The van der Waals surface area contributed by atoms with Gasteiger partial charge in [0.05, 0.1) is 10.5 Å². The van der Waals surface area contributed by atoms with E-state index in [1.807, 2.05) is 0 Å². The molecule has 1 aliphatic rings. The molecule has 1 saturated heterocycles. The van der Waals surface area contributed by atoms with Crippen LogP contribution in [0.1, 0.15) is 18.4 Å². The lowest BCUT2D eigenvalue weighted by Crippen LogP contribution is -2.41. The smallest absolute Gasteiger partial charge is 0.417 e. The zero-order valence-electron chi connectivity index (χ0n) is 11.0. The highest BCUT2D eigenvalue weighted by Crippen LogP contribution is 2.37. The van der Waals surface area contributed by atoms with Gasteiger partial charge < -0.3 is 5.11 Å². The topological polar surface area (TPSA) is 74.7 Å². The Morgan fingerprint density at radius 3 is 2.50 bits per heavy atom. The number of hydrogen-bond donors (Lipinski definition) is 1. The second-order valence-corrected chi connectivity index (χ2v) is 6.61. The fourth-order valence-corrected chi connectivity index (χ4v) is 4.19. The summed E-state index contributed by atoms with van der Waals surface area (Å²) in [5, 5.41) is 8.98. The number of sulfonamides is 1. The number of rotatable bonds is 3. The fraction of sp³-hybridized carbons (Fsp3) is 0.417. The quantitative estimate of drug-likeness (QED) is 0.854. The van der Waals surface area contributed by atoms with Crippen molar-refractivity contribution in [2.75, 3.05) is 6.54 Å². The van der Waals surface area contributed by atoms with Crippen LogP contribution in [0.3, 0.4) is 0 Å². The standard InChI is InChI=1S/C12H11F4NO4S/c13-7-3-4-10(8(6-7)12(14,15)16)22(20,21)17-5-1-2-9(17)11(18)19/h3-4,6,9H,1-2,5H2,(H,18,19). The maximum atomic E-state index is 13.0. The third kappa shape index (κ3) is 2.93. The van der Waals surface area contributed by atoms with Crippen molar-refractivity contribution >= 4 is 16.0 Å². The molecule has 1 aromatic rings. The average molecular weight is 341 g/mol. The highest BCUT2D eigenvalue weighted by molar-refractivity contribution is 7.89. The molecule has 122 valence electrons. The van der Waals surface area contributed by atoms with Crippen molar-refractivity contribution < 1.29 is 35.9 Å². The minimum atomic E-state index is -5.08. The minimum absolute atomic E-state index is 0.0110. The van der Waals surface area contributed by atoms with Crippen LogP contribution in [-0.2, 0) is 21.0 Å². The van der Waals surface area contributed by atoms with Crippen molar-refractivity contribution in [1.29, 1.82) is 0 Å². The molecule has 1 N–H and O–H groups in total. The van der Waals surface area contributed by atoms with Crippen molar-refractivity contribution in [3.8, 4) is 0 Å². The molecule has 0 bridgehead atoms. The number of hydrogen-bond acceptors (Lipinski definition) is 3. The van der Waals surface area contributed by atoms with Gasteiger partial charge in [-0.05, 0) is 31.0 Å². The Morgan fingerprint density at radius 2 is 1.95 bits per heavy atom. The zero-order chi connectivity index (χ0) is 16.7. The normalized spacial score (nSPS) is 20.3. The SMILES string of the molecule is O=C(O)C1CCCN1S(=O)(=O)c1ccc(F)cc1C(F)(F)F. The molecular formula is C12H11F4NO4S. The van der Waals surface area contributed by atoms with Crippen LogP contribution in [0.2, 0.25) is 0 Å². The predicted molar refractivity (Wildman–Crippen MR) is 66.0 cm³/mol.